The van der Waals surface area contributed by atoms with Gasteiger partial charge < -0.3 is 10.6 Å². The molecule has 0 radical (unpaired) electrons. The highest BCUT2D eigenvalue weighted by Crippen LogP contribution is 2.19. The topological polar surface area (TPSA) is 129 Å². The molecule has 1 aromatic carbocycles. The van der Waals surface area contributed by atoms with Crippen molar-refractivity contribution in [1.82, 2.24) is 9.47 Å². The second kappa shape index (κ2) is 6.79. The number of amides is 2. The maximum atomic E-state index is 12.6. The van der Waals surface area contributed by atoms with Gasteiger partial charge in [0.25, 0.3) is 17.2 Å². The molecule has 134 valence electrons. The Balaban J connectivity index is 1.87. The number of carbonyl (C=O) groups excluding carboxylic acids is 2. The minimum atomic E-state index is -1.08. The first-order valence-corrected chi connectivity index (χ1v) is 7.90. The van der Waals surface area contributed by atoms with Crippen LogP contribution in [0.4, 0.5) is 5.69 Å². The molecule has 2 aromatic rings. The normalized spacial score (nSPS) is 13.2. The SMILES string of the molecule is NC(=O)c1cc([N+](=O)[O-])cn(CC(=O)N2CCc3ccccc3C2)c1=O. The second-order valence-corrected chi connectivity index (χ2v) is 6.00. The van der Waals surface area contributed by atoms with Crippen LogP contribution >= 0.6 is 0 Å². The number of nitro groups is 1. The number of benzene rings is 1. The van der Waals surface area contributed by atoms with Crippen LogP contribution in [0.25, 0.3) is 0 Å². The molecule has 26 heavy (non-hydrogen) atoms. The Labute approximate surface area is 147 Å². The Morgan fingerprint density at radius 2 is 1.92 bits per heavy atom. The molecule has 1 aromatic heterocycles. The third kappa shape index (κ3) is 3.32. The van der Waals surface area contributed by atoms with Gasteiger partial charge in [-0.15, -0.1) is 0 Å². The van der Waals surface area contributed by atoms with Crippen molar-refractivity contribution in [2.24, 2.45) is 5.73 Å². The first-order valence-electron chi connectivity index (χ1n) is 7.90. The summed E-state index contributed by atoms with van der Waals surface area (Å²) < 4.78 is 0.862. The van der Waals surface area contributed by atoms with Crippen LogP contribution < -0.4 is 11.3 Å². The first kappa shape index (κ1) is 17.3. The van der Waals surface area contributed by atoms with E-state index in [2.05, 4.69) is 0 Å². The molecule has 3 rings (SSSR count). The fourth-order valence-corrected chi connectivity index (χ4v) is 2.97. The van der Waals surface area contributed by atoms with E-state index in [0.717, 1.165) is 22.4 Å². The lowest BCUT2D eigenvalue weighted by atomic mass is 10.00. The maximum absolute atomic E-state index is 12.6. The lowest BCUT2D eigenvalue weighted by molar-refractivity contribution is -0.385. The summed E-state index contributed by atoms with van der Waals surface area (Å²) in [5, 5.41) is 11.0. The molecule has 1 aliphatic heterocycles. The van der Waals surface area contributed by atoms with Gasteiger partial charge in [0, 0.05) is 19.2 Å². The van der Waals surface area contributed by atoms with E-state index in [1.54, 1.807) is 4.90 Å². The zero-order valence-electron chi connectivity index (χ0n) is 13.8. The van der Waals surface area contributed by atoms with E-state index in [9.17, 15) is 24.5 Å². The van der Waals surface area contributed by atoms with Crippen LogP contribution in [0, 0.1) is 10.1 Å². The fraction of sp³-hybridized carbons (Fsp3) is 0.235. The Morgan fingerprint density at radius 1 is 1.23 bits per heavy atom. The summed E-state index contributed by atoms with van der Waals surface area (Å²) in [6.07, 6.45) is 1.64. The number of rotatable bonds is 4. The molecule has 0 atom stereocenters. The minimum Gasteiger partial charge on any atom is -0.365 e. The van der Waals surface area contributed by atoms with E-state index < -0.39 is 34.2 Å². The van der Waals surface area contributed by atoms with Gasteiger partial charge in [0.2, 0.25) is 5.91 Å². The molecule has 2 amide bonds. The predicted molar refractivity (Wildman–Crippen MR) is 91.4 cm³/mol. The average Bonchev–Trinajstić information content (AvgIpc) is 2.62. The minimum absolute atomic E-state index is 0.363. The highest BCUT2D eigenvalue weighted by Gasteiger charge is 2.23. The molecule has 0 fully saturated rings. The summed E-state index contributed by atoms with van der Waals surface area (Å²) in [6.45, 7) is 0.493. The van der Waals surface area contributed by atoms with E-state index in [0.29, 0.717) is 19.5 Å². The Bertz CT molecular complexity index is 966. The molecule has 9 nitrogen and oxygen atoms in total. The number of hydrogen-bond donors (Lipinski definition) is 1. The molecule has 0 aliphatic carbocycles. The second-order valence-electron chi connectivity index (χ2n) is 6.00. The van der Waals surface area contributed by atoms with E-state index >= 15 is 0 Å². The first-order chi connectivity index (χ1) is 12.4. The molecule has 9 heteroatoms. The van der Waals surface area contributed by atoms with Crippen LogP contribution in [0.15, 0.2) is 41.3 Å². The van der Waals surface area contributed by atoms with Crippen molar-refractivity contribution >= 4 is 17.5 Å². The zero-order valence-corrected chi connectivity index (χ0v) is 13.8. The van der Waals surface area contributed by atoms with E-state index in [-0.39, 0.29) is 5.91 Å². The Kier molecular flexibility index (Phi) is 4.53. The highest BCUT2D eigenvalue weighted by atomic mass is 16.6. The number of carbonyl (C=O) groups is 2. The number of aromatic nitrogens is 1. The van der Waals surface area contributed by atoms with Crippen LogP contribution in [0.2, 0.25) is 0 Å². The van der Waals surface area contributed by atoms with Crippen molar-refractivity contribution in [1.29, 1.82) is 0 Å². The largest absolute Gasteiger partial charge is 0.365 e. The lowest BCUT2D eigenvalue weighted by Crippen LogP contribution is -2.40. The molecular formula is C17H16N4O5. The molecule has 0 saturated heterocycles. The molecule has 0 unspecified atom stereocenters. The van der Waals surface area contributed by atoms with Gasteiger partial charge in [-0.25, -0.2) is 0 Å². The molecule has 0 bridgehead atoms. The van der Waals surface area contributed by atoms with Crippen molar-refractivity contribution in [3.8, 4) is 0 Å². The van der Waals surface area contributed by atoms with Gasteiger partial charge in [-0.05, 0) is 17.5 Å². The molecule has 2 N–H and O–H groups in total. The standard InChI is InChI=1S/C17H16N4O5/c18-16(23)14-7-13(21(25)26)9-20(17(14)24)10-15(22)19-6-5-11-3-1-2-4-12(11)8-19/h1-4,7,9H,5-6,8,10H2,(H2,18,23). The maximum Gasteiger partial charge on any atom is 0.286 e. The third-order valence-electron chi connectivity index (χ3n) is 4.34. The van der Waals surface area contributed by atoms with Crippen molar-refractivity contribution in [3.63, 3.8) is 0 Å². The van der Waals surface area contributed by atoms with Gasteiger partial charge in [0.1, 0.15) is 12.1 Å². The van der Waals surface area contributed by atoms with Crippen LogP contribution in [-0.4, -0.2) is 32.7 Å². The van der Waals surface area contributed by atoms with Crippen LogP contribution in [0.5, 0.6) is 0 Å². The number of nitrogens with two attached hydrogens (primary N) is 1. The van der Waals surface area contributed by atoms with E-state index in [1.165, 1.54) is 5.56 Å². The molecule has 2 heterocycles. The Hall–Kier alpha value is -3.49. The van der Waals surface area contributed by atoms with Crippen molar-refractivity contribution in [3.05, 3.63) is 73.7 Å². The molecule has 0 spiro atoms. The molecular weight excluding hydrogens is 340 g/mol. The number of primary amides is 1. The summed E-state index contributed by atoms with van der Waals surface area (Å²) in [5.41, 5.74) is 5.48. The summed E-state index contributed by atoms with van der Waals surface area (Å²) in [6, 6.07) is 8.57. The third-order valence-corrected chi connectivity index (χ3v) is 4.34. The summed E-state index contributed by atoms with van der Waals surface area (Å²) in [5.74, 6) is -1.44. The molecule has 1 aliphatic rings. The number of fused-ring (bicyclic) bond motifs is 1. The van der Waals surface area contributed by atoms with Gasteiger partial charge >= 0.3 is 0 Å². The quantitative estimate of drug-likeness (QED) is 0.628. The van der Waals surface area contributed by atoms with Gasteiger partial charge in [-0.2, -0.15) is 0 Å². The highest BCUT2D eigenvalue weighted by molar-refractivity contribution is 5.93. The van der Waals surface area contributed by atoms with Gasteiger partial charge in [-0.1, -0.05) is 24.3 Å². The number of nitrogens with zero attached hydrogens (tertiary/aromatic N) is 3. The summed E-state index contributed by atoms with van der Waals surface area (Å²) in [4.78, 5) is 48.0. The average molecular weight is 356 g/mol. The van der Waals surface area contributed by atoms with Crippen molar-refractivity contribution in [2.45, 2.75) is 19.5 Å². The molecule has 0 saturated carbocycles. The Morgan fingerprint density at radius 3 is 2.58 bits per heavy atom. The smallest absolute Gasteiger partial charge is 0.286 e. The monoisotopic (exact) mass is 356 g/mol. The van der Waals surface area contributed by atoms with Crippen LogP contribution in [0.3, 0.4) is 0 Å². The number of hydrogen-bond acceptors (Lipinski definition) is 5. The van der Waals surface area contributed by atoms with Crippen molar-refractivity contribution in [2.75, 3.05) is 6.54 Å². The van der Waals surface area contributed by atoms with Crippen LogP contribution in [0.1, 0.15) is 21.5 Å². The predicted octanol–water partition coefficient (Wildman–Crippen LogP) is 0.440. The van der Waals surface area contributed by atoms with Gasteiger partial charge in [0.05, 0.1) is 11.1 Å². The van der Waals surface area contributed by atoms with E-state index in [1.807, 2.05) is 24.3 Å². The van der Waals surface area contributed by atoms with Gasteiger partial charge in [0.15, 0.2) is 0 Å². The van der Waals surface area contributed by atoms with Gasteiger partial charge in [-0.3, -0.25) is 29.1 Å². The summed E-state index contributed by atoms with van der Waals surface area (Å²) in [7, 11) is 0. The number of pyridine rings is 1. The van der Waals surface area contributed by atoms with Crippen LogP contribution in [-0.2, 0) is 24.3 Å². The zero-order chi connectivity index (χ0) is 18.8. The van der Waals surface area contributed by atoms with E-state index in [4.69, 9.17) is 5.73 Å². The summed E-state index contributed by atoms with van der Waals surface area (Å²) >= 11 is 0. The van der Waals surface area contributed by atoms with Crippen molar-refractivity contribution < 1.29 is 14.5 Å². The fourth-order valence-electron chi connectivity index (χ4n) is 2.97. The lowest BCUT2D eigenvalue weighted by Gasteiger charge is -2.29.